The molecule has 3 aromatic rings. The van der Waals surface area contributed by atoms with Crippen LogP contribution >= 0.6 is 11.6 Å². The van der Waals surface area contributed by atoms with Gasteiger partial charge in [0.25, 0.3) is 17.5 Å². The van der Waals surface area contributed by atoms with E-state index in [2.05, 4.69) is 0 Å². The number of aryl methyl sites for hydroxylation is 1. The van der Waals surface area contributed by atoms with Crippen molar-refractivity contribution in [2.45, 2.75) is 6.92 Å². The number of halogens is 1. The van der Waals surface area contributed by atoms with Gasteiger partial charge >= 0.3 is 0 Å². The Hall–Kier alpha value is -3.25. The number of nitro groups is 1. The summed E-state index contributed by atoms with van der Waals surface area (Å²) in [7, 11) is 0. The van der Waals surface area contributed by atoms with E-state index < -0.39 is 16.7 Å². The van der Waals surface area contributed by atoms with Gasteiger partial charge in [0.05, 0.1) is 16.0 Å². The molecule has 7 heteroatoms. The average Bonchev–Trinajstić information content (AvgIpc) is 2.62. The minimum absolute atomic E-state index is 0.141. The molecular formula is C19H11ClN2O4. The lowest BCUT2D eigenvalue weighted by Crippen LogP contribution is -2.40. The van der Waals surface area contributed by atoms with Gasteiger partial charge in [-0.1, -0.05) is 23.7 Å². The topological polar surface area (TPSA) is 80.5 Å². The number of amides is 2. The number of hydrogen-bond donors (Lipinski definition) is 0. The van der Waals surface area contributed by atoms with Gasteiger partial charge in [0.15, 0.2) is 0 Å². The fourth-order valence-electron chi connectivity index (χ4n) is 3.20. The van der Waals surface area contributed by atoms with Gasteiger partial charge in [0, 0.05) is 27.6 Å². The van der Waals surface area contributed by atoms with E-state index in [1.807, 2.05) is 6.92 Å². The molecule has 0 fully saturated rings. The van der Waals surface area contributed by atoms with E-state index in [1.54, 1.807) is 36.4 Å². The second kappa shape index (κ2) is 5.64. The molecule has 0 atom stereocenters. The second-order valence-corrected chi connectivity index (χ2v) is 6.40. The molecule has 26 heavy (non-hydrogen) atoms. The van der Waals surface area contributed by atoms with Crippen LogP contribution in [-0.4, -0.2) is 16.7 Å². The molecule has 0 aromatic heterocycles. The molecule has 0 N–H and O–H groups in total. The average molecular weight is 367 g/mol. The van der Waals surface area contributed by atoms with Gasteiger partial charge in [-0.05, 0) is 42.8 Å². The second-order valence-electron chi connectivity index (χ2n) is 6.00. The van der Waals surface area contributed by atoms with Crippen molar-refractivity contribution >= 4 is 45.6 Å². The summed E-state index contributed by atoms with van der Waals surface area (Å²) in [6, 6.07) is 12.3. The first-order valence-corrected chi connectivity index (χ1v) is 8.13. The summed E-state index contributed by atoms with van der Waals surface area (Å²) in [4.78, 5) is 37.8. The van der Waals surface area contributed by atoms with E-state index in [-0.39, 0.29) is 22.2 Å². The lowest BCUT2D eigenvalue weighted by atomic mass is 9.92. The number of nitro benzene ring substituents is 1. The number of nitrogens with zero attached hydrogens (tertiary/aromatic N) is 2. The van der Waals surface area contributed by atoms with Crippen LogP contribution in [-0.2, 0) is 0 Å². The Morgan fingerprint density at radius 3 is 2.35 bits per heavy atom. The SMILES string of the molecule is Cc1ccc(N2C(=O)c3cccc4c([N+](=O)[O-])ccc(c34)C2=O)cc1Cl. The first-order chi connectivity index (χ1) is 12.4. The van der Waals surface area contributed by atoms with Crippen LogP contribution in [0.3, 0.4) is 0 Å². The first kappa shape index (κ1) is 16.2. The number of rotatable bonds is 2. The Morgan fingerprint density at radius 2 is 1.69 bits per heavy atom. The third-order valence-corrected chi connectivity index (χ3v) is 4.90. The number of benzene rings is 3. The predicted octanol–water partition coefficient (Wildman–Crippen LogP) is 4.51. The molecule has 2 amide bonds. The Labute approximate surface area is 152 Å². The normalized spacial score (nSPS) is 13.4. The molecule has 1 heterocycles. The van der Waals surface area contributed by atoms with Crippen molar-refractivity contribution in [2.24, 2.45) is 0 Å². The Balaban J connectivity index is 1.98. The highest BCUT2D eigenvalue weighted by atomic mass is 35.5. The van der Waals surface area contributed by atoms with Crippen molar-refractivity contribution in [1.82, 2.24) is 0 Å². The summed E-state index contributed by atoms with van der Waals surface area (Å²) in [5.41, 5.74) is 1.54. The number of anilines is 1. The van der Waals surface area contributed by atoms with Gasteiger partial charge in [-0.15, -0.1) is 0 Å². The van der Waals surface area contributed by atoms with Crippen LogP contribution in [0.1, 0.15) is 26.3 Å². The fraction of sp³-hybridized carbons (Fsp3) is 0.0526. The largest absolute Gasteiger partial charge is 0.277 e. The van der Waals surface area contributed by atoms with E-state index >= 15 is 0 Å². The third-order valence-electron chi connectivity index (χ3n) is 4.49. The molecule has 6 nitrogen and oxygen atoms in total. The van der Waals surface area contributed by atoms with Crippen molar-refractivity contribution in [3.63, 3.8) is 0 Å². The summed E-state index contributed by atoms with van der Waals surface area (Å²) in [5, 5.41) is 12.3. The predicted molar refractivity (Wildman–Crippen MR) is 97.9 cm³/mol. The molecule has 0 bridgehead atoms. The molecule has 1 aliphatic heterocycles. The van der Waals surface area contributed by atoms with Crippen LogP contribution in [0.25, 0.3) is 10.8 Å². The smallest absolute Gasteiger partial charge is 0.268 e. The maximum atomic E-state index is 13.0. The zero-order valence-electron chi connectivity index (χ0n) is 13.5. The molecule has 0 radical (unpaired) electrons. The molecular weight excluding hydrogens is 356 g/mol. The van der Waals surface area contributed by atoms with Crippen LogP contribution in [0.15, 0.2) is 48.5 Å². The number of carbonyl (C=O) groups is 2. The van der Waals surface area contributed by atoms with Crippen LogP contribution in [0.5, 0.6) is 0 Å². The van der Waals surface area contributed by atoms with Crippen LogP contribution < -0.4 is 4.90 Å². The van der Waals surface area contributed by atoms with E-state index in [0.717, 1.165) is 10.5 Å². The molecule has 3 aromatic carbocycles. The van der Waals surface area contributed by atoms with Gasteiger partial charge in [-0.2, -0.15) is 0 Å². The molecule has 128 valence electrons. The van der Waals surface area contributed by atoms with Crippen molar-refractivity contribution in [3.8, 4) is 0 Å². The van der Waals surface area contributed by atoms with E-state index in [4.69, 9.17) is 11.6 Å². The number of imide groups is 1. The van der Waals surface area contributed by atoms with E-state index in [1.165, 1.54) is 12.1 Å². The Kier molecular flexibility index (Phi) is 3.52. The minimum atomic E-state index is -0.534. The standard InChI is InChI=1S/C19H11ClN2O4/c1-10-5-6-11(9-15(10)20)21-18(23)13-4-2-3-12-16(22(25)26)8-7-14(17(12)13)19(21)24/h2-9H,1H3. The maximum Gasteiger partial charge on any atom is 0.277 e. The van der Waals surface area contributed by atoms with Gasteiger partial charge in [0.2, 0.25) is 0 Å². The van der Waals surface area contributed by atoms with Gasteiger partial charge in [-0.3, -0.25) is 19.7 Å². The Bertz CT molecular complexity index is 1120. The van der Waals surface area contributed by atoms with E-state index in [9.17, 15) is 19.7 Å². The summed E-state index contributed by atoms with van der Waals surface area (Å²) < 4.78 is 0. The summed E-state index contributed by atoms with van der Waals surface area (Å²) in [5.74, 6) is -1.07. The van der Waals surface area contributed by atoms with Crippen molar-refractivity contribution < 1.29 is 14.5 Å². The highest BCUT2D eigenvalue weighted by Crippen LogP contribution is 2.37. The quantitative estimate of drug-likeness (QED) is 0.379. The molecule has 0 saturated carbocycles. The van der Waals surface area contributed by atoms with Crippen LogP contribution in [0.4, 0.5) is 11.4 Å². The molecule has 1 aliphatic rings. The van der Waals surface area contributed by atoms with Crippen molar-refractivity contribution in [2.75, 3.05) is 4.90 Å². The lowest BCUT2D eigenvalue weighted by molar-refractivity contribution is -0.383. The maximum absolute atomic E-state index is 13.0. The fourth-order valence-corrected chi connectivity index (χ4v) is 3.37. The number of carbonyl (C=O) groups excluding carboxylic acids is 2. The van der Waals surface area contributed by atoms with Crippen molar-refractivity contribution in [1.29, 1.82) is 0 Å². The van der Waals surface area contributed by atoms with Gasteiger partial charge in [0.1, 0.15) is 0 Å². The molecule has 4 rings (SSSR count). The monoisotopic (exact) mass is 366 g/mol. The highest BCUT2D eigenvalue weighted by molar-refractivity contribution is 6.37. The van der Waals surface area contributed by atoms with E-state index in [0.29, 0.717) is 16.1 Å². The van der Waals surface area contributed by atoms with Crippen molar-refractivity contribution in [3.05, 3.63) is 80.4 Å². The molecule has 0 unspecified atom stereocenters. The summed E-state index contributed by atoms with van der Waals surface area (Å²) >= 11 is 6.14. The summed E-state index contributed by atoms with van der Waals surface area (Å²) in [6.07, 6.45) is 0. The molecule has 0 aliphatic carbocycles. The highest BCUT2D eigenvalue weighted by Gasteiger charge is 2.35. The third kappa shape index (κ3) is 2.19. The minimum Gasteiger partial charge on any atom is -0.268 e. The first-order valence-electron chi connectivity index (χ1n) is 7.75. The van der Waals surface area contributed by atoms with Gasteiger partial charge in [-0.25, -0.2) is 4.90 Å². The number of non-ortho nitro benzene ring substituents is 1. The lowest BCUT2D eigenvalue weighted by Gasteiger charge is -2.27. The number of hydrogen-bond acceptors (Lipinski definition) is 4. The summed E-state index contributed by atoms with van der Waals surface area (Å²) in [6.45, 7) is 1.82. The molecule has 0 saturated heterocycles. The zero-order valence-corrected chi connectivity index (χ0v) is 14.3. The molecule has 0 spiro atoms. The van der Waals surface area contributed by atoms with Crippen LogP contribution in [0, 0.1) is 17.0 Å². The van der Waals surface area contributed by atoms with Gasteiger partial charge < -0.3 is 0 Å². The Morgan fingerprint density at radius 1 is 1.00 bits per heavy atom. The van der Waals surface area contributed by atoms with Crippen LogP contribution in [0.2, 0.25) is 5.02 Å². The zero-order chi connectivity index (χ0) is 18.6.